The van der Waals surface area contributed by atoms with Crippen LogP contribution in [-0.2, 0) is 4.79 Å². The molecule has 6 nitrogen and oxygen atoms in total. The summed E-state index contributed by atoms with van der Waals surface area (Å²) in [6.07, 6.45) is 8.54. The highest BCUT2D eigenvalue weighted by atomic mass is 16.4. The Morgan fingerprint density at radius 1 is 1.13 bits per heavy atom. The number of hydrogen-bond donors (Lipinski definition) is 1. The van der Waals surface area contributed by atoms with Crippen LogP contribution in [0, 0.1) is 11.8 Å². The SMILES string of the molecule is CC(C)C1C(=O)CCCC1c1ncc(-c2cccc(Nc3nccc(C4CC4)n3)c2)o1. The summed E-state index contributed by atoms with van der Waals surface area (Å²) in [6.45, 7) is 4.22. The fourth-order valence-corrected chi connectivity index (χ4v) is 4.69. The molecule has 2 heterocycles. The lowest BCUT2D eigenvalue weighted by atomic mass is 9.72. The number of benzene rings is 1. The number of nitrogens with zero attached hydrogens (tertiary/aromatic N) is 3. The number of Topliss-reactive ketones (excluding diaryl/α,β-unsaturated/α-hetero) is 1. The summed E-state index contributed by atoms with van der Waals surface area (Å²) in [4.78, 5) is 26.1. The van der Waals surface area contributed by atoms with Gasteiger partial charge in [0.15, 0.2) is 11.7 Å². The van der Waals surface area contributed by atoms with Crippen molar-refractivity contribution in [3.63, 3.8) is 0 Å². The molecule has 6 heteroatoms. The van der Waals surface area contributed by atoms with E-state index in [0.717, 1.165) is 29.8 Å². The van der Waals surface area contributed by atoms with Crippen LogP contribution < -0.4 is 5.32 Å². The lowest BCUT2D eigenvalue weighted by Crippen LogP contribution is -2.31. The number of hydrogen-bond acceptors (Lipinski definition) is 6. The van der Waals surface area contributed by atoms with Gasteiger partial charge in [0, 0.05) is 47.3 Å². The highest BCUT2D eigenvalue weighted by molar-refractivity contribution is 5.83. The van der Waals surface area contributed by atoms with E-state index in [1.165, 1.54) is 12.8 Å². The maximum absolute atomic E-state index is 12.5. The molecule has 1 N–H and O–H groups in total. The molecule has 0 saturated heterocycles. The second-order valence-electron chi connectivity index (χ2n) is 9.08. The van der Waals surface area contributed by atoms with E-state index in [4.69, 9.17) is 4.42 Å². The van der Waals surface area contributed by atoms with Crippen molar-refractivity contribution in [2.45, 2.75) is 57.8 Å². The second kappa shape index (κ2) is 8.25. The number of anilines is 2. The Morgan fingerprint density at radius 2 is 2.00 bits per heavy atom. The largest absolute Gasteiger partial charge is 0.440 e. The van der Waals surface area contributed by atoms with Crippen molar-refractivity contribution in [2.75, 3.05) is 5.32 Å². The van der Waals surface area contributed by atoms with Crippen LogP contribution in [0.5, 0.6) is 0 Å². The molecule has 2 atom stereocenters. The zero-order valence-corrected chi connectivity index (χ0v) is 18.0. The fraction of sp³-hybridized carbons (Fsp3) is 0.440. The molecule has 0 spiro atoms. The van der Waals surface area contributed by atoms with Gasteiger partial charge in [-0.3, -0.25) is 4.79 Å². The molecule has 2 fully saturated rings. The average molecular weight is 417 g/mol. The maximum atomic E-state index is 12.5. The zero-order valence-electron chi connectivity index (χ0n) is 18.0. The Balaban J connectivity index is 1.36. The van der Waals surface area contributed by atoms with Crippen LogP contribution in [0.4, 0.5) is 11.6 Å². The van der Waals surface area contributed by atoms with E-state index in [9.17, 15) is 4.79 Å². The van der Waals surface area contributed by atoms with Crippen LogP contribution in [0.2, 0.25) is 0 Å². The minimum atomic E-state index is -0.0101. The van der Waals surface area contributed by atoms with E-state index in [2.05, 4.69) is 34.1 Å². The average Bonchev–Trinajstić information content (AvgIpc) is 3.50. The van der Waals surface area contributed by atoms with Crippen molar-refractivity contribution in [1.82, 2.24) is 15.0 Å². The van der Waals surface area contributed by atoms with Crippen molar-refractivity contribution in [3.8, 4) is 11.3 Å². The van der Waals surface area contributed by atoms with Gasteiger partial charge in [-0.2, -0.15) is 0 Å². The molecule has 2 aliphatic carbocycles. The molecule has 0 amide bonds. The van der Waals surface area contributed by atoms with Crippen LogP contribution >= 0.6 is 0 Å². The number of oxazole rings is 1. The highest BCUT2D eigenvalue weighted by Crippen LogP contribution is 2.41. The molecule has 0 bridgehead atoms. The molecule has 0 aliphatic heterocycles. The first-order chi connectivity index (χ1) is 15.1. The summed E-state index contributed by atoms with van der Waals surface area (Å²) in [5, 5.41) is 3.31. The maximum Gasteiger partial charge on any atom is 0.227 e. The second-order valence-corrected chi connectivity index (χ2v) is 9.08. The van der Waals surface area contributed by atoms with Crippen LogP contribution in [0.15, 0.2) is 47.1 Å². The number of carbonyl (C=O) groups is 1. The molecule has 160 valence electrons. The van der Waals surface area contributed by atoms with Gasteiger partial charge >= 0.3 is 0 Å². The van der Waals surface area contributed by atoms with Gasteiger partial charge in [-0.05, 0) is 49.8 Å². The standard InChI is InChI=1S/C25H28N4O2/c1-15(2)23-19(7-4-8-21(23)30)24-27-14-22(31-24)17-5-3-6-18(13-17)28-25-26-12-11-20(29-25)16-9-10-16/h3,5-6,11-16,19,23H,4,7-10H2,1-2H3,(H,26,28,29). The highest BCUT2D eigenvalue weighted by Gasteiger charge is 2.37. The summed E-state index contributed by atoms with van der Waals surface area (Å²) in [5.41, 5.74) is 2.94. The van der Waals surface area contributed by atoms with Crippen molar-refractivity contribution in [1.29, 1.82) is 0 Å². The van der Waals surface area contributed by atoms with E-state index in [0.29, 0.717) is 35.7 Å². The smallest absolute Gasteiger partial charge is 0.227 e. The van der Waals surface area contributed by atoms with Crippen LogP contribution in [0.25, 0.3) is 11.3 Å². The first kappa shape index (κ1) is 19.9. The lowest BCUT2D eigenvalue weighted by Gasteiger charge is -2.30. The molecule has 1 aromatic carbocycles. The Bertz CT molecular complexity index is 1090. The molecule has 3 aromatic rings. The Kier molecular flexibility index (Phi) is 5.30. The molecule has 2 aliphatic rings. The number of ketones is 1. The van der Waals surface area contributed by atoms with Gasteiger partial charge in [0.1, 0.15) is 5.78 Å². The van der Waals surface area contributed by atoms with Crippen LogP contribution in [0.3, 0.4) is 0 Å². The van der Waals surface area contributed by atoms with Crippen LogP contribution in [0.1, 0.15) is 69.4 Å². The van der Waals surface area contributed by atoms with Gasteiger partial charge in [-0.25, -0.2) is 15.0 Å². The van der Waals surface area contributed by atoms with E-state index >= 15 is 0 Å². The van der Waals surface area contributed by atoms with E-state index < -0.39 is 0 Å². The molecule has 2 unspecified atom stereocenters. The third kappa shape index (κ3) is 4.24. The molecular formula is C25H28N4O2. The van der Waals surface area contributed by atoms with Gasteiger partial charge in [0.2, 0.25) is 5.95 Å². The third-order valence-electron chi connectivity index (χ3n) is 6.38. The first-order valence-electron chi connectivity index (χ1n) is 11.3. The van der Waals surface area contributed by atoms with Crippen LogP contribution in [-0.4, -0.2) is 20.7 Å². The van der Waals surface area contributed by atoms with Gasteiger partial charge in [0.25, 0.3) is 0 Å². The molecule has 5 rings (SSSR count). The number of rotatable bonds is 6. The Hall–Kier alpha value is -3.02. The predicted molar refractivity (Wildman–Crippen MR) is 119 cm³/mol. The molecule has 0 radical (unpaired) electrons. The first-order valence-corrected chi connectivity index (χ1v) is 11.3. The zero-order chi connectivity index (χ0) is 21.4. The summed E-state index contributed by atoms with van der Waals surface area (Å²) in [7, 11) is 0. The van der Waals surface area contributed by atoms with Gasteiger partial charge in [0.05, 0.1) is 6.20 Å². The van der Waals surface area contributed by atoms with Crippen molar-refractivity contribution in [3.05, 3.63) is 54.3 Å². The summed E-state index contributed by atoms with van der Waals surface area (Å²) in [5.74, 6) is 3.27. The van der Waals surface area contributed by atoms with Gasteiger partial charge < -0.3 is 9.73 Å². The quantitative estimate of drug-likeness (QED) is 0.542. The topological polar surface area (TPSA) is 80.9 Å². The molecular weight excluding hydrogens is 388 g/mol. The minimum absolute atomic E-state index is 0.0101. The summed E-state index contributed by atoms with van der Waals surface area (Å²) < 4.78 is 6.18. The van der Waals surface area contributed by atoms with Crippen molar-refractivity contribution < 1.29 is 9.21 Å². The predicted octanol–water partition coefficient (Wildman–Crippen LogP) is 5.86. The Labute approximate surface area is 182 Å². The minimum Gasteiger partial charge on any atom is -0.440 e. The van der Waals surface area contributed by atoms with E-state index in [1.807, 2.05) is 36.5 Å². The normalized spacial score (nSPS) is 21.5. The number of aromatic nitrogens is 3. The van der Waals surface area contributed by atoms with E-state index in [-0.39, 0.29) is 17.8 Å². The number of carbonyl (C=O) groups excluding carboxylic acids is 1. The third-order valence-corrected chi connectivity index (χ3v) is 6.38. The summed E-state index contributed by atoms with van der Waals surface area (Å²) >= 11 is 0. The molecule has 2 saturated carbocycles. The monoisotopic (exact) mass is 416 g/mol. The van der Waals surface area contributed by atoms with Gasteiger partial charge in [-0.15, -0.1) is 0 Å². The van der Waals surface area contributed by atoms with Crippen molar-refractivity contribution >= 4 is 17.4 Å². The number of nitrogens with one attached hydrogen (secondary N) is 1. The Morgan fingerprint density at radius 3 is 2.81 bits per heavy atom. The molecule has 31 heavy (non-hydrogen) atoms. The summed E-state index contributed by atoms with van der Waals surface area (Å²) in [6, 6.07) is 9.98. The molecule has 2 aromatic heterocycles. The van der Waals surface area contributed by atoms with Crippen molar-refractivity contribution in [2.24, 2.45) is 11.8 Å². The van der Waals surface area contributed by atoms with E-state index in [1.54, 1.807) is 6.20 Å². The van der Waals surface area contributed by atoms with Gasteiger partial charge in [-0.1, -0.05) is 26.0 Å². The lowest BCUT2D eigenvalue weighted by molar-refractivity contribution is -0.127. The fourth-order valence-electron chi connectivity index (χ4n) is 4.69.